The lowest BCUT2D eigenvalue weighted by molar-refractivity contribution is -0.387. The average Bonchev–Trinajstić information content (AvgIpc) is 2.92. The number of halogens is 16. The van der Waals surface area contributed by atoms with E-state index in [2.05, 4.69) is 4.74 Å². The van der Waals surface area contributed by atoms with Crippen LogP contribution in [-0.4, -0.2) is 58.6 Å². The minimum absolute atomic E-state index is 0.0852. The molecule has 0 heterocycles. The van der Waals surface area contributed by atoms with Gasteiger partial charge in [0.15, 0.2) is 0 Å². The molecule has 0 aliphatic rings. The van der Waals surface area contributed by atoms with Crippen LogP contribution in [0.4, 0.5) is 81.6 Å². The molecule has 7 nitrogen and oxygen atoms in total. The van der Waals surface area contributed by atoms with Crippen LogP contribution in [0.3, 0.4) is 0 Å². The first-order valence-electron chi connectivity index (χ1n) is 11.1. The fraction of sp³-hybridized carbons (Fsp3) is 0.455. The van der Waals surface area contributed by atoms with Crippen LogP contribution in [0.15, 0.2) is 48.5 Å². The van der Waals surface area contributed by atoms with Gasteiger partial charge in [-0.05, 0) is 24.3 Å². The van der Waals surface area contributed by atoms with E-state index in [1.54, 1.807) is 0 Å². The number of nitro groups is 2. The summed E-state index contributed by atoms with van der Waals surface area (Å²) in [6, 6.07) is -0.580. The van der Waals surface area contributed by atoms with Gasteiger partial charge in [0.2, 0.25) is 0 Å². The highest BCUT2D eigenvalue weighted by molar-refractivity contribution is 5.37. The summed E-state index contributed by atoms with van der Waals surface area (Å²) >= 11 is 0. The Kier molecular flexibility index (Phi) is 9.49. The zero-order valence-corrected chi connectivity index (χ0v) is 21.0. The van der Waals surface area contributed by atoms with Crippen molar-refractivity contribution in [3.05, 3.63) is 79.9 Å². The van der Waals surface area contributed by atoms with Crippen molar-refractivity contribution in [1.82, 2.24) is 0 Å². The van der Waals surface area contributed by atoms with E-state index < -0.39 is 92.9 Å². The zero-order chi connectivity index (χ0) is 35.2. The first-order valence-corrected chi connectivity index (χ1v) is 11.1. The third kappa shape index (κ3) is 6.04. The second-order valence-corrected chi connectivity index (χ2v) is 8.96. The van der Waals surface area contributed by atoms with E-state index in [1.165, 1.54) is 0 Å². The maximum Gasteiger partial charge on any atom is 0.382 e. The Bertz CT molecular complexity index is 1290. The lowest BCUT2D eigenvalue weighted by Crippen LogP contribution is -2.63. The van der Waals surface area contributed by atoms with Crippen LogP contribution >= 0.6 is 0 Å². The maximum absolute atomic E-state index is 14.2. The molecule has 0 amide bonds. The standard InChI is InChI=1S/C22H12F16N2O5/c23-15(24,19(31,32)21(35,36)17(27,28)11-1-5-13(6-2-11)39(41)42)9-45-10-16(25,26)20(33,34)22(37,38)18(29,30)12-3-7-14(8-4-12)40(43)44/h1-8H,9-10H2. The zero-order valence-electron chi connectivity index (χ0n) is 21.0. The second kappa shape index (κ2) is 11.5. The molecule has 0 saturated carbocycles. The van der Waals surface area contributed by atoms with Crippen molar-refractivity contribution in [2.45, 2.75) is 47.4 Å². The number of nitrogens with zero attached hydrogens (tertiary/aromatic N) is 2. The molecular formula is C22H12F16N2O5. The minimum atomic E-state index is -7.31. The number of nitro benzene ring substituents is 2. The van der Waals surface area contributed by atoms with Gasteiger partial charge in [0, 0.05) is 35.4 Å². The average molecular weight is 688 g/mol. The van der Waals surface area contributed by atoms with Crippen molar-refractivity contribution in [2.24, 2.45) is 0 Å². The normalized spacial score (nSPS) is 14.4. The first-order chi connectivity index (χ1) is 20.0. The molecule has 252 valence electrons. The van der Waals surface area contributed by atoms with E-state index in [4.69, 9.17) is 0 Å². The van der Waals surface area contributed by atoms with Gasteiger partial charge in [-0.1, -0.05) is 0 Å². The van der Waals surface area contributed by atoms with E-state index in [-0.39, 0.29) is 48.5 Å². The Morgan fingerprint density at radius 3 is 0.933 bits per heavy atom. The van der Waals surface area contributed by atoms with E-state index in [0.717, 1.165) is 0 Å². The Morgan fingerprint density at radius 1 is 0.467 bits per heavy atom. The molecule has 45 heavy (non-hydrogen) atoms. The fourth-order valence-electron chi connectivity index (χ4n) is 3.29. The molecule has 0 N–H and O–H groups in total. The van der Waals surface area contributed by atoms with Gasteiger partial charge in [0.25, 0.3) is 11.4 Å². The Labute approximate surface area is 237 Å². The number of hydrogen-bond acceptors (Lipinski definition) is 5. The van der Waals surface area contributed by atoms with E-state index in [0.29, 0.717) is 0 Å². The number of benzene rings is 2. The molecule has 0 aliphatic carbocycles. The molecule has 0 atom stereocenters. The predicted molar refractivity (Wildman–Crippen MR) is 114 cm³/mol. The molecule has 2 aromatic carbocycles. The van der Waals surface area contributed by atoms with Crippen LogP contribution in [0.25, 0.3) is 0 Å². The maximum atomic E-state index is 14.2. The van der Waals surface area contributed by atoms with Crippen molar-refractivity contribution >= 4 is 11.4 Å². The van der Waals surface area contributed by atoms with Gasteiger partial charge in [-0.15, -0.1) is 0 Å². The third-order valence-corrected chi connectivity index (χ3v) is 5.94. The van der Waals surface area contributed by atoms with Crippen LogP contribution in [0.2, 0.25) is 0 Å². The second-order valence-electron chi connectivity index (χ2n) is 8.96. The van der Waals surface area contributed by atoms with Gasteiger partial charge in [-0.2, -0.15) is 70.2 Å². The van der Waals surface area contributed by atoms with Crippen molar-refractivity contribution in [3.8, 4) is 0 Å². The quantitative estimate of drug-likeness (QED) is 0.113. The Morgan fingerprint density at radius 2 is 0.711 bits per heavy atom. The number of ether oxygens (including phenoxy) is 1. The molecule has 0 spiro atoms. The minimum Gasteiger partial charge on any atom is -0.368 e. The van der Waals surface area contributed by atoms with Crippen LogP contribution < -0.4 is 0 Å². The predicted octanol–water partition coefficient (Wildman–Crippen LogP) is 8.22. The molecule has 0 aromatic heterocycles. The smallest absolute Gasteiger partial charge is 0.368 e. The summed E-state index contributed by atoms with van der Waals surface area (Å²) in [5.74, 6) is -54.9. The van der Waals surface area contributed by atoms with Crippen LogP contribution in [0, 0.1) is 20.2 Å². The summed E-state index contributed by atoms with van der Waals surface area (Å²) in [7, 11) is 0. The van der Waals surface area contributed by atoms with Crippen LogP contribution in [-0.2, 0) is 16.6 Å². The Balaban J connectivity index is 2.30. The molecule has 0 fully saturated rings. The van der Waals surface area contributed by atoms with Gasteiger partial charge >= 0.3 is 47.4 Å². The topological polar surface area (TPSA) is 95.5 Å². The van der Waals surface area contributed by atoms with Crippen molar-refractivity contribution in [2.75, 3.05) is 13.2 Å². The summed E-state index contributed by atoms with van der Waals surface area (Å²) in [4.78, 5) is 18.5. The summed E-state index contributed by atoms with van der Waals surface area (Å²) in [5, 5.41) is 21.0. The highest BCUT2D eigenvalue weighted by atomic mass is 19.4. The monoisotopic (exact) mass is 688 g/mol. The summed E-state index contributed by atoms with van der Waals surface area (Å²) in [6.45, 7) is -7.14. The number of non-ortho nitro benzene ring substituents is 2. The van der Waals surface area contributed by atoms with Crippen LogP contribution in [0.1, 0.15) is 11.1 Å². The third-order valence-electron chi connectivity index (χ3n) is 5.94. The molecule has 2 aromatic rings. The van der Waals surface area contributed by atoms with Crippen molar-refractivity contribution < 1.29 is 84.8 Å². The van der Waals surface area contributed by atoms with Gasteiger partial charge < -0.3 is 4.74 Å². The number of rotatable bonds is 14. The molecule has 0 aliphatic heterocycles. The molecular weight excluding hydrogens is 676 g/mol. The van der Waals surface area contributed by atoms with Gasteiger partial charge in [0.05, 0.1) is 9.85 Å². The summed E-state index contributed by atoms with van der Waals surface area (Å²) < 4.78 is 229. The van der Waals surface area contributed by atoms with Gasteiger partial charge in [-0.25, -0.2) is 0 Å². The molecule has 0 unspecified atom stereocenters. The molecule has 2 rings (SSSR count). The summed E-state index contributed by atoms with van der Waals surface area (Å²) in [5.41, 5.74) is -6.48. The first kappa shape index (κ1) is 37.3. The molecule has 0 saturated heterocycles. The van der Waals surface area contributed by atoms with Gasteiger partial charge in [-0.3, -0.25) is 20.2 Å². The van der Waals surface area contributed by atoms with Crippen molar-refractivity contribution in [1.29, 1.82) is 0 Å². The Hall–Kier alpha value is -3.92. The number of alkyl halides is 16. The van der Waals surface area contributed by atoms with Gasteiger partial charge in [0.1, 0.15) is 13.2 Å². The summed E-state index contributed by atoms with van der Waals surface area (Å²) in [6.07, 6.45) is 0. The number of hydrogen-bond donors (Lipinski definition) is 0. The van der Waals surface area contributed by atoms with Crippen molar-refractivity contribution in [3.63, 3.8) is 0 Å². The highest BCUT2D eigenvalue weighted by Gasteiger charge is 2.82. The highest BCUT2D eigenvalue weighted by Crippen LogP contribution is 2.58. The SMILES string of the molecule is O=[N+]([O-])c1ccc(C(F)(F)C(F)(F)C(F)(F)C(F)(F)COCC(F)(F)C(F)(F)C(F)(F)C(F)(F)c2ccc([N+](=O)[O-])cc2)cc1. The molecule has 23 heteroatoms. The lowest BCUT2D eigenvalue weighted by atomic mass is 9.93. The van der Waals surface area contributed by atoms with E-state index in [1.807, 2.05) is 0 Å². The van der Waals surface area contributed by atoms with E-state index >= 15 is 0 Å². The van der Waals surface area contributed by atoms with E-state index in [9.17, 15) is 90.5 Å². The van der Waals surface area contributed by atoms with Crippen LogP contribution in [0.5, 0.6) is 0 Å². The fourth-order valence-corrected chi connectivity index (χ4v) is 3.29. The largest absolute Gasteiger partial charge is 0.382 e. The lowest BCUT2D eigenvalue weighted by Gasteiger charge is -2.38. The molecule has 0 radical (unpaired) electrons. The molecule has 0 bridgehead atoms.